The standard InChI is InChI=1S/C20H26N2O5S/c23-16-4-3-11-21(12-16)28(26,27)13-14-7-9-15(10-8-14)22-19(24)17-5-1-2-6-18(17)20(22)25/h1-2,5-6,14-16,23H,3-4,7-13H2/t14-,15-,16?. The van der Waals surface area contributed by atoms with E-state index in [1.165, 1.54) is 9.21 Å². The number of hydrogen-bond donors (Lipinski definition) is 1. The number of carbonyl (C=O) groups is 2. The number of fused-ring (bicyclic) bond motifs is 1. The van der Waals surface area contributed by atoms with Crippen LogP contribution in [0.4, 0.5) is 0 Å². The van der Waals surface area contributed by atoms with E-state index in [2.05, 4.69) is 0 Å². The third-order valence-electron chi connectivity index (χ3n) is 6.21. The lowest BCUT2D eigenvalue weighted by atomic mass is 9.86. The van der Waals surface area contributed by atoms with E-state index in [0.717, 1.165) is 0 Å². The SMILES string of the molecule is O=C1c2ccccc2C(=O)N1[C@H]1CC[C@H](CS(=O)(=O)N2CCCC(O)C2)CC1. The van der Waals surface area contributed by atoms with E-state index >= 15 is 0 Å². The summed E-state index contributed by atoms with van der Waals surface area (Å²) in [6, 6.07) is 6.71. The molecule has 2 fully saturated rings. The molecule has 7 nitrogen and oxygen atoms in total. The highest BCUT2D eigenvalue weighted by molar-refractivity contribution is 7.89. The Morgan fingerprint density at radius 2 is 1.57 bits per heavy atom. The first kappa shape index (κ1) is 19.5. The molecule has 4 rings (SSSR count). The van der Waals surface area contributed by atoms with Gasteiger partial charge in [0.1, 0.15) is 0 Å². The molecule has 2 heterocycles. The molecule has 0 spiro atoms. The molecule has 1 aliphatic carbocycles. The second-order valence-electron chi connectivity index (χ2n) is 8.13. The van der Waals surface area contributed by atoms with Gasteiger partial charge in [-0.25, -0.2) is 8.42 Å². The molecule has 1 N–H and O–H groups in total. The zero-order chi connectivity index (χ0) is 19.9. The minimum atomic E-state index is -3.39. The van der Waals surface area contributed by atoms with Crippen LogP contribution >= 0.6 is 0 Å². The first-order chi connectivity index (χ1) is 13.4. The second kappa shape index (κ2) is 7.57. The van der Waals surface area contributed by atoms with Gasteiger partial charge in [0.15, 0.2) is 0 Å². The summed E-state index contributed by atoms with van der Waals surface area (Å²) in [7, 11) is -3.39. The van der Waals surface area contributed by atoms with Crippen LogP contribution in [0.25, 0.3) is 0 Å². The number of piperidine rings is 1. The lowest BCUT2D eigenvalue weighted by Gasteiger charge is -2.35. The van der Waals surface area contributed by atoms with E-state index in [9.17, 15) is 23.1 Å². The summed E-state index contributed by atoms with van der Waals surface area (Å²) >= 11 is 0. The number of amides is 2. The Hall–Kier alpha value is -1.77. The van der Waals surface area contributed by atoms with Gasteiger partial charge in [-0.3, -0.25) is 14.5 Å². The van der Waals surface area contributed by atoms with Crippen molar-refractivity contribution < 1.29 is 23.1 Å². The Morgan fingerprint density at radius 1 is 0.964 bits per heavy atom. The number of β-amino-alcohol motifs (C(OH)–C–C–N with tert-alkyl or cyclic N) is 1. The maximum Gasteiger partial charge on any atom is 0.261 e. The third kappa shape index (κ3) is 3.60. The monoisotopic (exact) mass is 406 g/mol. The number of aliphatic hydroxyl groups excluding tert-OH is 1. The van der Waals surface area contributed by atoms with Crippen LogP contribution in [0.3, 0.4) is 0 Å². The van der Waals surface area contributed by atoms with Crippen molar-refractivity contribution in [2.24, 2.45) is 5.92 Å². The molecule has 2 amide bonds. The minimum absolute atomic E-state index is 0.0236. The van der Waals surface area contributed by atoms with Gasteiger partial charge in [0.25, 0.3) is 11.8 Å². The molecule has 1 unspecified atom stereocenters. The first-order valence-corrected chi connectivity index (χ1v) is 11.6. The molecule has 0 radical (unpaired) electrons. The quantitative estimate of drug-likeness (QED) is 0.767. The highest BCUT2D eigenvalue weighted by Crippen LogP contribution is 2.34. The van der Waals surface area contributed by atoms with Crippen molar-refractivity contribution in [3.05, 3.63) is 35.4 Å². The van der Waals surface area contributed by atoms with Crippen molar-refractivity contribution in [1.29, 1.82) is 0 Å². The fraction of sp³-hybridized carbons (Fsp3) is 0.600. The number of carbonyl (C=O) groups excluding carboxylic acids is 2. The molecule has 8 heteroatoms. The van der Waals surface area contributed by atoms with Gasteiger partial charge in [-0.05, 0) is 56.6 Å². The van der Waals surface area contributed by atoms with E-state index in [0.29, 0.717) is 56.2 Å². The Bertz CT molecular complexity index is 841. The molecule has 2 aliphatic heterocycles. The van der Waals surface area contributed by atoms with Crippen LogP contribution in [0, 0.1) is 5.92 Å². The Kier molecular flexibility index (Phi) is 5.28. The van der Waals surface area contributed by atoms with Crippen LogP contribution in [0.5, 0.6) is 0 Å². The van der Waals surface area contributed by atoms with Crippen molar-refractivity contribution in [2.45, 2.75) is 50.7 Å². The highest BCUT2D eigenvalue weighted by atomic mass is 32.2. The van der Waals surface area contributed by atoms with E-state index in [-0.39, 0.29) is 36.1 Å². The predicted molar refractivity (Wildman–Crippen MR) is 103 cm³/mol. The fourth-order valence-corrected chi connectivity index (χ4v) is 6.63. The number of nitrogens with zero attached hydrogens (tertiary/aromatic N) is 2. The van der Waals surface area contributed by atoms with E-state index in [1.54, 1.807) is 24.3 Å². The summed E-state index contributed by atoms with van der Waals surface area (Å²) in [5.41, 5.74) is 0.918. The summed E-state index contributed by atoms with van der Waals surface area (Å²) in [6.07, 6.45) is 3.38. The van der Waals surface area contributed by atoms with Crippen molar-refractivity contribution in [1.82, 2.24) is 9.21 Å². The van der Waals surface area contributed by atoms with Gasteiger partial charge in [0.05, 0.1) is 23.0 Å². The Labute approximate surface area is 165 Å². The van der Waals surface area contributed by atoms with Crippen LogP contribution in [0.15, 0.2) is 24.3 Å². The smallest absolute Gasteiger partial charge is 0.261 e. The minimum Gasteiger partial charge on any atom is -0.392 e. The van der Waals surface area contributed by atoms with E-state index in [1.807, 2.05) is 0 Å². The van der Waals surface area contributed by atoms with Gasteiger partial charge < -0.3 is 5.11 Å². The van der Waals surface area contributed by atoms with Crippen molar-refractivity contribution in [2.75, 3.05) is 18.8 Å². The fourth-order valence-electron chi connectivity index (χ4n) is 4.69. The summed E-state index contributed by atoms with van der Waals surface area (Å²) < 4.78 is 26.8. The normalized spacial score (nSPS) is 29.2. The maximum atomic E-state index is 12.7. The molecular formula is C20H26N2O5S. The molecule has 152 valence electrons. The lowest BCUT2D eigenvalue weighted by Crippen LogP contribution is -2.45. The van der Waals surface area contributed by atoms with Crippen LogP contribution in [-0.2, 0) is 10.0 Å². The number of imide groups is 1. The first-order valence-electron chi connectivity index (χ1n) is 9.99. The molecule has 1 saturated carbocycles. The lowest BCUT2D eigenvalue weighted by molar-refractivity contribution is 0.0533. The van der Waals surface area contributed by atoms with Crippen molar-refractivity contribution in [3.63, 3.8) is 0 Å². The summed E-state index contributed by atoms with van der Waals surface area (Å²) in [5, 5.41) is 9.75. The zero-order valence-electron chi connectivity index (χ0n) is 15.8. The van der Waals surface area contributed by atoms with E-state index in [4.69, 9.17) is 0 Å². The molecule has 1 saturated heterocycles. The van der Waals surface area contributed by atoms with Crippen molar-refractivity contribution in [3.8, 4) is 0 Å². The van der Waals surface area contributed by atoms with Gasteiger partial charge >= 0.3 is 0 Å². The topological polar surface area (TPSA) is 95.0 Å². The van der Waals surface area contributed by atoms with Gasteiger partial charge in [-0.15, -0.1) is 0 Å². The summed E-state index contributed by atoms with van der Waals surface area (Å²) in [4.78, 5) is 26.6. The van der Waals surface area contributed by atoms with Gasteiger partial charge in [0, 0.05) is 19.1 Å². The Morgan fingerprint density at radius 3 is 2.14 bits per heavy atom. The highest BCUT2D eigenvalue weighted by Gasteiger charge is 2.41. The number of benzene rings is 1. The molecule has 1 aromatic carbocycles. The largest absolute Gasteiger partial charge is 0.392 e. The third-order valence-corrected chi connectivity index (χ3v) is 8.22. The van der Waals surface area contributed by atoms with Crippen LogP contribution < -0.4 is 0 Å². The van der Waals surface area contributed by atoms with E-state index < -0.39 is 16.1 Å². The van der Waals surface area contributed by atoms with Crippen LogP contribution in [0.1, 0.15) is 59.2 Å². The van der Waals surface area contributed by atoms with Crippen LogP contribution in [0.2, 0.25) is 0 Å². The molecule has 1 aromatic rings. The number of rotatable bonds is 4. The zero-order valence-corrected chi connectivity index (χ0v) is 16.6. The molecular weight excluding hydrogens is 380 g/mol. The molecule has 28 heavy (non-hydrogen) atoms. The number of aliphatic hydroxyl groups is 1. The van der Waals surface area contributed by atoms with Crippen molar-refractivity contribution >= 4 is 21.8 Å². The van der Waals surface area contributed by atoms with Gasteiger partial charge in [0.2, 0.25) is 10.0 Å². The number of sulfonamides is 1. The molecule has 3 aliphatic rings. The van der Waals surface area contributed by atoms with Gasteiger partial charge in [-0.1, -0.05) is 12.1 Å². The maximum absolute atomic E-state index is 12.7. The summed E-state index contributed by atoms with van der Waals surface area (Å²) in [6.45, 7) is 0.663. The second-order valence-corrected chi connectivity index (χ2v) is 10.1. The van der Waals surface area contributed by atoms with Gasteiger partial charge in [-0.2, -0.15) is 4.31 Å². The Balaban J connectivity index is 1.37. The molecule has 1 atom stereocenters. The average Bonchev–Trinajstić information content (AvgIpc) is 2.93. The molecule has 0 bridgehead atoms. The predicted octanol–water partition coefficient (Wildman–Crippen LogP) is 1.63. The van der Waals surface area contributed by atoms with Crippen LogP contribution in [-0.4, -0.2) is 65.5 Å². The number of hydrogen-bond acceptors (Lipinski definition) is 5. The average molecular weight is 407 g/mol. The molecule has 0 aromatic heterocycles. The summed E-state index contributed by atoms with van der Waals surface area (Å²) in [5.74, 6) is -0.373.